The molecule has 0 aromatic heterocycles. The molecule has 0 aromatic carbocycles. The lowest BCUT2D eigenvalue weighted by atomic mass is 10.00. The minimum absolute atomic E-state index is 0.242. The van der Waals surface area contributed by atoms with E-state index in [1.807, 2.05) is 18.7 Å². The van der Waals surface area contributed by atoms with Crippen LogP contribution in [0.5, 0.6) is 0 Å². The lowest BCUT2D eigenvalue weighted by molar-refractivity contribution is -0.120. The van der Waals surface area contributed by atoms with Crippen molar-refractivity contribution in [2.45, 2.75) is 39.5 Å². The van der Waals surface area contributed by atoms with Gasteiger partial charge in [0, 0.05) is 11.7 Å². The van der Waals surface area contributed by atoms with E-state index in [1.165, 1.54) is 19.3 Å². The smallest absolute Gasteiger partial charge is 0.151 e. The van der Waals surface area contributed by atoms with Crippen molar-refractivity contribution < 1.29 is 4.79 Å². The van der Waals surface area contributed by atoms with E-state index in [0.717, 1.165) is 22.4 Å². The Balaban J connectivity index is 1.90. The highest BCUT2D eigenvalue weighted by Crippen LogP contribution is 2.21. The zero-order valence-corrected chi connectivity index (χ0v) is 11.6. The van der Waals surface area contributed by atoms with Gasteiger partial charge in [0.15, 0.2) is 4.38 Å². The Hall–Kier alpha value is -0.160. The van der Waals surface area contributed by atoms with Crippen molar-refractivity contribution in [3.8, 4) is 0 Å². The molecule has 1 heterocycles. The number of Topliss-reactive ketones (excluding diaryl/α,β-unsaturated/α-hetero) is 1. The molecule has 0 amide bonds. The van der Waals surface area contributed by atoms with Crippen LogP contribution in [0, 0.1) is 5.92 Å². The Morgan fingerprint density at radius 3 is 3.00 bits per heavy atom. The van der Waals surface area contributed by atoms with Crippen molar-refractivity contribution in [1.29, 1.82) is 0 Å². The Labute approximate surface area is 106 Å². The van der Waals surface area contributed by atoms with E-state index in [1.54, 1.807) is 18.7 Å². The van der Waals surface area contributed by atoms with Crippen LogP contribution < -0.4 is 5.43 Å². The molecule has 3 nitrogen and oxygen atoms in total. The van der Waals surface area contributed by atoms with Crippen LogP contribution in [0.25, 0.3) is 0 Å². The number of nitrogens with one attached hydrogen (secondary N) is 1. The molecule has 0 aromatic rings. The van der Waals surface area contributed by atoms with Gasteiger partial charge in [-0.3, -0.25) is 10.2 Å². The second kappa shape index (κ2) is 8.01. The van der Waals surface area contributed by atoms with E-state index in [0.29, 0.717) is 5.78 Å². The van der Waals surface area contributed by atoms with Crippen LogP contribution in [0.3, 0.4) is 0 Å². The van der Waals surface area contributed by atoms with Gasteiger partial charge in [0.25, 0.3) is 0 Å². The van der Waals surface area contributed by atoms with Crippen LogP contribution in [0.2, 0.25) is 0 Å². The van der Waals surface area contributed by atoms with E-state index < -0.39 is 0 Å². The summed E-state index contributed by atoms with van der Waals surface area (Å²) in [5.41, 5.74) is 2.94. The van der Waals surface area contributed by atoms with Gasteiger partial charge in [-0.25, -0.2) is 0 Å². The third kappa shape index (κ3) is 5.80. The van der Waals surface area contributed by atoms with Crippen molar-refractivity contribution in [2.24, 2.45) is 11.0 Å². The summed E-state index contributed by atoms with van der Waals surface area (Å²) in [4.78, 5) is 11.0. The normalized spacial score (nSPS) is 16.8. The fourth-order valence-corrected chi connectivity index (χ4v) is 3.18. The number of carbonyl (C=O) groups is 1. The van der Waals surface area contributed by atoms with Crippen molar-refractivity contribution in [3.63, 3.8) is 0 Å². The van der Waals surface area contributed by atoms with Crippen molar-refractivity contribution in [2.75, 3.05) is 11.6 Å². The van der Waals surface area contributed by atoms with E-state index in [2.05, 4.69) is 10.5 Å². The first kappa shape index (κ1) is 13.9. The van der Waals surface area contributed by atoms with Gasteiger partial charge in [0.05, 0.1) is 5.88 Å². The number of nitrogens with zero attached hydrogens (tertiary/aromatic N) is 1. The highest BCUT2D eigenvalue weighted by molar-refractivity contribution is 8.39. The molecular weight excluding hydrogens is 240 g/mol. The summed E-state index contributed by atoms with van der Waals surface area (Å²) >= 11 is 3.60. The Bertz CT molecular complexity index is 256. The number of hydrogen-bond donors (Lipinski definition) is 1. The predicted octanol–water partition coefficient (Wildman–Crippen LogP) is 3.07. The number of hydrazone groups is 1. The van der Waals surface area contributed by atoms with Gasteiger partial charge in [0.2, 0.25) is 0 Å². The quantitative estimate of drug-likeness (QED) is 0.714. The molecule has 0 aliphatic carbocycles. The molecule has 16 heavy (non-hydrogen) atoms. The maximum Gasteiger partial charge on any atom is 0.151 e. The highest BCUT2D eigenvalue weighted by Gasteiger charge is 2.08. The number of hydrogen-bond acceptors (Lipinski definition) is 5. The van der Waals surface area contributed by atoms with Gasteiger partial charge in [-0.1, -0.05) is 43.3 Å². The third-order valence-electron chi connectivity index (χ3n) is 2.63. The van der Waals surface area contributed by atoms with Gasteiger partial charge in [0.1, 0.15) is 5.78 Å². The molecule has 5 heteroatoms. The fraction of sp³-hybridized carbons (Fsp3) is 0.818. The van der Waals surface area contributed by atoms with Crippen molar-refractivity contribution in [1.82, 2.24) is 5.43 Å². The maximum atomic E-state index is 11.0. The monoisotopic (exact) mass is 260 g/mol. The lowest BCUT2D eigenvalue weighted by Gasteiger charge is -2.06. The van der Waals surface area contributed by atoms with Crippen LogP contribution >= 0.6 is 23.5 Å². The number of unbranched alkanes of at least 4 members (excludes halogenated alkanes) is 2. The molecule has 0 saturated carbocycles. The molecule has 1 unspecified atom stereocenters. The first-order valence-corrected chi connectivity index (χ1v) is 7.74. The Kier molecular flexibility index (Phi) is 6.96. The minimum atomic E-state index is 0.242. The number of thioether (sulfide) groups is 2. The summed E-state index contributed by atoms with van der Waals surface area (Å²) in [6, 6.07) is 0. The third-order valence-corrected chi connectivity index (χ3v) is 4.78. The summed E-state index contributed by atoms with van der Waals surface area (Å²) in [5.74, 6) is 2.62. The van der Waals surface area contributed by atoms with E-state index in [-0.39, 0.29) is 5.92 Å². The van der Waals surface area contributed by atoms with Crippen LogP contribution in [0.15, 0.2) is 5.10 Å². The summed E-state index contributed by atoms with van der Waals surface area (Å²) in [5, 5.41) is 4.15. The predicted molar refractivity (Wildman–Crippen MR) is 73.8 cm³/mol. The highest BCUT2D eigenvalue weighted by atomic mass is 32.2. The number of rotatable bonds is 7. The van der Waals surface area contributed by atoms with Gasteiger partial charge >= 0.3 is 0 Å². The molecule has 92 valence electrons. The van der Waals surface area contributed by atoms with E-state index in [4.69, 9.17) is 0 Å². The molecule has 1 aliphatic rings. The number of carbonyl (C=O) groups excluding carboxylic acids is 1. The summed E-state index contributed by atoms with van der Waals surface area (Å²) in [6.45, 7) is 3.70. The van der Waals surface area contributed by atoms with Gasteiger partial charge in [-0.2, -0.15) is 5.10 Å². The molecule has 1 rings (SSSR count). The lowest BCUT2D eigenvalue weighted by Crippen LogP contribution is -2.05. The first-order valence-electron chi connectivity index (χ1n) is 5.76. The molecule has 1 atom stereocenters. The Morgan fingerprint density at radius 2 is 2.38 bits per heavy atom. The minimum Gasteiger partial charge on any atom is -0.300 e. The fourth-order valence-electron chi connectivity index (χ4n) is 1.39. The van der Waals surface area contributed by atoms with Gasteiger partial charge < -0.3 is 0 Å². The van der Waals surface area contributed by atoms with Crippen LogP contribution in [0.4, 0.5) is 0 Å². The first-order chi connectivity index (χ1) is 7.70. The number of ketones is 1. The van der Waals surface area contributed by atoms with Crippen LogP contribution in [-0.4, -0.2) is 21.8 Å². The molecular formula is C11H20N2OS2. The topological polar surface area (TPSA) is 41.5 Å². The average molecular weight is 260 g/mol. The second-order valence-corrected chi connectivity index (χ2v) is 6.34. The Morgan fingerprint density at radius 1 is 1.56 bits per heavy atom. The van der Waals surface area contributed by atoms with Crippen molar-refractivity contribution >= 4 is 33.7 Å². The molecule has 0 saturated heterocycles. The molecule has 0 bridgehead atoms. The van der Waals surface area contributed by atoms with Gasteiger partial charge in [-0.15, -0.1) is 0 Å². The summed E-state index contributed by atoms with van der Waals surface area (Å²) in [6.07, 6.45) is 4.64. The largest absolute Gasteiger partial charge is 0.300 e. The van der Waals surface area contributed by atoms with Crippen molar-refractivity contribution in [3.05, 3.63) is 0 Å². The molecule has 0 spiro atoms. The SMILES string of the molecule is CC(=O)C(C)CCCCCSC1=NNCS1. The molecule has 1 aliphatic heterocycles. The van der Waals surface area contributed by atoms with Gasteiger partial charge in [-0.05, 0) is 19.8 Å². The molecule has 0 fully saturated rings. The summed E-state index contributed by atoms with van der Waals surface area (Å²) < 4.78 is 1.16. The standard InChI is InChI=1S/C11H20N2OS2/c1-9(10(2)14)6-4-3-5-7-15-11-13-12-8-16-11/h9,12H,3-8H2,1-2H3. The molecule has 0 radical (unpaired) electrons. The average Bonchev–Trinajstić information content (AvgIpc) is 2.75. The second-order valence-electron chi connectivity index (χ2n) is 4.03. The zero-order chi connectivity index (χ0) is 11.8. The maximum absolute atomic E-state index is 11.0. The summed E-state index contributed by atoms with van der Waals surface area (Å²) in [7, 11) is 0. The van der Waals surface area contributed by atoms with Crippen LogP contribution in [0.1, 0.15) is 39.5 Å². The van der Waals surface area contributed by atoms with Crippen LogP contribution in [-0.2, 0) is 4.79 Å². The van der Waals surface area contributed by atoms with E-state index in [9.17, 15) is 4.79 Å². The molecule has 1 N–H and O–H groups in total. The van der Waals surface area contributed by atoms with E-state index >= 15 is 0 Å². The zero-order valence-electron chi connectivity index (χ0n) is 9.99.